The molecule has 1 aromatic rings. The minimum atomic E-state index is -0.370. The normalized spacial score (nSPS) is 18.9. The van der Waals surface area contributed by atoms with Crippen molar-refractivity contribution >= 4 is 11.9 Å². The number of hydrogen-bond acceptors (Lipinski definition) is 4. The van der Waals surface area contributed by atoms with Crippen LogP contribution in [0.4, 0.5) is 5.95 Å². The van der Waals surface area contributed by atoms with Crippen LogP contribution in [0.1, 0.15) is 38.8 Å². The first-order valence-electron chi connectivity index (χ1n) is 7.26. The van der Waals surface area contributed by atoms with Gasteiger partial charge in [-0.05, 0) is 6.42 Å². The lowest BCUT2D eigenvalue weighted by Crippen LogP contribution is -2.37. The van der Waals surface area contributed by atoms with Crippen molar-refractivity contribution in [1.29, 1.82) is 0 Å². The highest BCUT2D eigenvalue weighted by Gasteiger charge is 2.34. The smallest absolute Gasteiger partial charge is 0.252 e. The number of nitrogens with zero attached hydrogens (tertiary/aromatic N) is 3. The fourth-order valence-corrected chi connectivity index (χ4v) is 2.54. The summed E-state index contributed by atoms with van der Waals surface area (Å²) in [6.07, 6.45) is 0.852. The van der Waals surface area contributed by atoms with E-state index in [-0.39, 0.29) is 22.8 Å². The van der Waals surface area contributed by atoms with Gasteiger partial charge in [0.25, 0.3) is 5.56 Å². The number of nitrogens with one attached hydrogen (secondary N) is 1. The van der Waals surface area contributed by atoms with E-state index in [4.69, 9.17) is 0 Å². The van der Waals surface area contributed by atoms with Gasteiger partial charge in [-0.2, -0.15) is 0 Å². The largest absolute Gasteiger partial charge is 0.348 e. The van der Waals surface area contributed by atoms with E-state index in [0.717, 1.165) is 18.7 Å². The number of hydrogen-bond donors (Lipinski definition) is 1. The Morgan fingerprint density at radius 2 is 2.10 bits per heavy atom. The third-order valence-corrected chi connectivity index (χ3v) is 3.71. The first-order chi connectivity index (χ1) is 9.68. The lowest BCUT2D eigenvalue weighted by Gasteiger charge is -2.25. The van der Waals surface area contributed by atoms with E-state index < -0.39 is 0 Å². The van der Waals surface area contributed by atoms with Crippen LogP contribution in [0.3, 0.4) is 0 Å². The molecule has 0 unspecified atom stereocenters. The lowest BCUT2D eigenvalue weighted by atomic mass is 9.95. The van der Waals surface area contributed by atoms with E-state index in [0.29, 0.717) is 12.5 Å². The molecule has 1 fully saturated rings. The van der Waals surface area contributed by atoms with Gasteiger partial charge in [0.2, 0.25) is 11.9 Å². The topological polar surface area (TPSA) is 69.3 Å². The van der Waals surface area contributed by atoms with Gasteiger partial charge in [-0.3, -0.25) is 14.6 Å². The van der Waals surface area contributed by atoms with Crippen LogP contribution in [0.5, 0.6) is 0 Å². The number of amides is 1. The molecule has 6 nitrogen and oxygen atoms in total. The zero-order chi connectivity index (χ0) is 15.8. The number of aromatic nitrogens is 2. The zero-order valence-electron chi connectivity index (χ0n) is 13.4. The predicted molar refractivity (Wildman–Crippen MR) is 82.6 cm³/mol. The van der Waals surface area contributed by atoms with Gasteiger partial charge in [-0.1, -0.05) is 20.8 Å². The van der Waals surface area contributed by atoms with E-state index in [2.05, 4.69) is 9.97 Å². The standard InChI is InChI=1S/C15H24N4O2/c1-15(2,3)13(21)19-7-6-10(9-19)11-8-12(20)17-14(16-11)18(4)5/h8,10H,6-7,9H2,1-5H3,(H,16,17,20)/t10-/m0/s1. The molecule has 1 amide bonds. The molecule has 1 aliphatic heterocycles. The van der Waals surface area contributed by atoms with Crippen molar-refractivity contribution in [2.75, 3.05) is 32.1 Å². The predicted octanol–water partition coefficient (Wildman–Crippen LogP) is 1.20. The van der Waals surface area contributed by atoms with Crippen LogP contribution in [-0.2, 0) is 4.79 Å². The summed E-state index contributed by atoms with van der Waals surface area (Å²) in [6, 6.07) is 1.54. The number of aromatic amines is 1. The van der Waals surface area contributed by atoms with Crippen LogP contribution in [0, 0.1) is 5.41 Å². The average molecular weight is 292 g/mol. The van der Waals surface area contributed by atoms with Gasteiger partial charge < -0.3 is 9.80 Å². The quantitative estimate of drug-likeness (QED) is 0.889. The summed E-state index contributed by atoms with van der Waals surface area (Å²) in [5.41, 5.74) is 0.251. The van der Waals surface area contributed by atoms with Gasteiger partial charge in [0, 0.05) is 44.6 Å². The second-order valence-electron chi connectivity index (χ2n) is 6.88. The second-order valence-corrected chi connectivity index (χ2v) is 6.88. The van der Waals surface area contributed by atoms with E-state index >= 15 is 0 Å². The Morgan fingerprint density at radius 1 is 1.43 bits per heavy atom. The van der Waals surface area contributed by atoms with Crippen molar-refractivity contribution in [2.24, 2.45) is 5.41 Å². The molecule has 0 radical (unpaired) electrons. The van der Waals surface area contributed by atoms with Crippen molar-refractivity contribution in [1.82, 2.24) is 14.9 Å². The Bertz CT molecular complexity index is 586. The number of carbonyl (C=O) groups is 1. The maximum Gasteiger partial charge on any atom is 0.252 e. The van der Waals surface area contributed by atoms with Crippen LogP contribution >= 0.6 is 0 Å². The van der Waals surface area contributed by atoms with E-state index in [9.17, 15) is 9.59 Å². The van der Waals surface area contributed by atoms with Gasteiger partial charge in [-0.25, -0.2) is 4.98 Å². The van der Waals surface area contributed by atoms with E-state index in [1.807, 2.05) is 39.8 Å². The Hall–Kier alpha value is -1.85. The molecule has 2 rings (SSSR count). The number of carbonyl (C=O) groups excluding carboxylic acids is 1. The minimum absolute atomic E-state index is 0.136. The summed E-state index contributed by atoms with van der Waals surface area (Å²) in [5, 5.41) is 0. The molecular weight excluding hydrogens is 268 g/mol. The first kappa shape index (κ1) is 15.5. The monoisotopic (exact) mass is 292 g/mol. The van der Waals surface area contributed by atoms with Crippen molar-refractivity contribution in [2.45, 2.75) is 33.1 Å². The molecule has 6 heteroatoms. The third kappa shape index (κ3) is 3.43. The Morgan fingerprint density at radius 3 is 2.67 bits per heavy atom. The molecule has 21 heavy (non-hydrogen) atoms. The second kappa shape index (κ2) is 5.50. The highest BCUT2D eigenvalue weighted by molar-refractivity contribution is 5.81. The van der Waals surface area contributed by atoms with Crippen LogP contribution in [-0.4, -0.2) is 48.0 Å². The number of rotatable bonds is 2. The molecule has 1 atom stereocenters. The van der Waals surface area contributed by atoms with Crippen LogP contribution in [0.15, 0.2) is 10.9 Å². The highest BCUT2D eigenvalue weighted by Crippen LogP contribution is 2.29. The van der Waals surface area contributed by atoms with Crippen molar-refractivity contribution in [3.63, 3.8) is 0 Å². The molecule has 1 saturated heterocycles. The Balaban J connectivity index is 2.19. The SMILES string of the molecule is CN(C)c1nc([C@H]2CCN(C(=O)C(C)(C)C)C2)cc(=O)[nH]1. The summed E-state index contributed by atoms with van der Waals surface area (Å²) in [7, 11) is 3.68. The zero-order valence-corrected chi connectivity index (χ0v) is 13.4. The Kier molecular flexibility index (Phi) is 4.07. The van der Waals surface area contributed by atoms with Crippen LogP contribution in [0.2, 0.25) is 0 Å². The van der Waals surface area contributed by atoms with Crippen molar-refractivity contribution < 1.29 is 4.79 Å². The molecule has 0 spiro atoms. The highest BCUT2D eigenvalue weighted by atomic mass is 16.2. The number of H-pyrrole nitrogens is 1. The van der Waals surface area contributed by atoms with Crippen molar-refractivity contribution in [3.05, 3.63) is 22.1 Å². The molecule has 0 bridgehead atoms. The molecule has 1 N–H and O–H groups in total. The molecule has 1 aromatic heterocycles. The first-order valence-corrected chi connectivity index (χ1v) is 7.26. The molecule has 0 aromatic carbocycles. The molecule has 116 valence electrons. The third-order valence-electron chi connectivity index (χ3n) is 3.71. The minimum Gasteiger partial charge on any atom is -0.348 e. The van der Waals surface area contributed by atoms with Gasteiger partial charge >= 0.3 is 0 Å². The molecule has 1 aliphatic rings. The lowest BCUT2D eigenvalue weighted by molar-refractivity contribution is -0.138. The number of likely N-dealkylation sites (tertiary alicyclic amines) is 1. The molecule has 0 aliphatic carbocycles. The molecule has 2 heterocycles. The van der Waals surface area contributed by atoms with Gasteiger partial charge in [-0.15, -0.1) is 0 Å². The fourth-order valence-electron chi connectivity index (χ4n) is 2.54. The average Bonchev–Trinajstić information content (AvgIpc) is 2.85. The van der Waals surface area contributed by atoms with Crippen molar-refractivity contribution in [3.8, 4) is 0 Å². The van der Waals surface area contributed by atoms with Gasteiger partial charge in [0.1, 0.15) is 0 Å². The van der Waals surface area contributed by atoms with Gasteiger partial charge in [0.15, 0.2) is 0 Å². The van der Waals surface area contributed by atoms with E-state index in [1.54, 1.807) is 11.0 Å². The molecule has 0 saturated carbocycles. The summed E-state index contributed by atoms with van der Waals surface area (Å²) in [6.45, 7) is 7.15. The summed E-state index contributed by atoms with van der Waals surface area (Å²) < 4.78 is 0. The summed E-state index contributed by atoms with van der Waals surface area (Å²) >= 11 is 0. The Labute approximate surface area is 125 Å². The molecular formula is C15H24N4O2. The van der Waals surface area contributed by atoms with Gasteiger partial charge in [0.05, 0.1) is 5.69 Å². The van der Waals surface area contributed by atoms with Crippen LogP contribution in [0.25, 0.3) is 0 Å². The van der Waals surface area contributed by atoms with Crippen LogP contribution < -0.4 is 10.5 Å². The summed E-state index contributed by atoms with van der Waals surface area (Å²) in [5.74, 6) is 0.845. The van der Waals surface area contributed by atoms with E-state index in [1.165, 1.54) is 0 Å². The maximum absolute atomic E-state index is 12.3. The summed E-state index contributed by atoms with van der Waals surface area (Å²) in [4.78, 5) is 34.9. The number of anilines is 1. The maximum atomic E-state index is 12.3. The fraction of sp³-hybridized carbons (Fsp3) is 0.667.